The molecule has 52 heavy (non-hydrogen) atoms. The number of benzene rings is 5. The average Bonchev–Trinajstić information content (AvgIpc) is 3.82. The van der Waals surface area contributed by atoms with Crippen molar-refractivity contribution < 1.29 is 35.5 Å². The van der Waals surface area contributed by atoms with Gasteiger partial charge in [-0.15, -0.1) is 35.4 Å². The van der Waals surface area contributed by atoms with Gasteiger partial charge in [-0.1, -0.05) is 142 Å². The molecular formula is C47H43IrN3O-2. The molecule has 5 heteroatoms. The fraction of sp³-hybridized carbons (Fsp3) is 0.191. The van der Waals surface area contributed by atoms with Gasteiger partial charge in [0.05, 0.1) is 16.9 Å². The van der Waals surface area contributed by atoms with Crippen molar-refractivity contribution in [2.75, 3.05) is 0 Å². The number of hydrogen-bond acceptors (Lipinski definition) is 3. The molecule has 8 rings (SSSR count). The number of nitrogens with zero attached hydrogens (tertiary/aromatic N) is 3. The molecule has 4 nitrogen and oxygen atoms in total. The molecule has 263 valence electrons. The van der Waals surface area contributed by atoms with Crippen molar-refractivity contribution in [1.82, 2.24) is 14.5 Å². The van der Waals surface area contributed by atoms with Crippen LogP contribution < -0.4 is 0 Å². The van der Waals surface area contributed by atoms with E-state index >= 15 is 0 Å². The van der Waals surface area contributed by atoms with Gasteiger partial charge in [0, 0.05) is 54.8 Å². The van der Waals surface area contributed by atoms with E-state index in [0.717, 1.165) is 33.5 Å². The number of imidazole rings is 1. The minimum atomic E-state index is -2.18. The van der Waals surface area contributed by atoms with Crippen molar-refractivity contribution in [3.8, 4) is 28.3 Å². The van der Waals surface area contributed by atoms with Gasteiger partial charge in [-0.2, -0.15) is 0 Å². The Balaban J connectivity index is 0.000000243. The Hall–Kier alpha value is -5.09. The molecule has 3 aromatic heterocycles. The predicted octanol–water partition coefficient (Wildman–Crippen LogP) is 12.2. The van der Waals surface area contributed by atoms with E-state index in [1.165, 1.54) is 35.5 Å². The Labute approximate surface area is 332 Å². The zero-order valence-electron chi connectivity index (χ0n) is 37.4. The first kappa shape index (κ1) is 27.5. The van der Waals surface area contributed by atoms with Crippen molar-refractivity contribution >= 4 is 22.0 Å². The van der Waals surface area contributed by atoms with Crippen LogP contribution in [0.15, 0.2) is 132 Å². The van der Waals surface area contributed by atoms with Gasteiger partial charge in [0.2, 0.25) is 0 Å². The van der Waals surface area contributed by atoms with Crippen molar-refractivity contribution in [2.24, 2.45) is 0 Å². The Morgan fingerprint density at radius 2 is 1.50 bits per heavy atom. The summed E-state index contributed by atoms with van der Waals surface area (Å²) in [5, 5.41) is 0.789. The van der Waals surface area contributed by atoms with Crippen LogP contribution in [0.4, 0.5) is 0 Å². The van der Waals surface area contributed by atoms with Crippen LogP contribution in [0.3, 0.4) is 0 Å². The first-order chi connectivity index (χ1) is 27.9. The Morgan fingerprint density at radius 3 is 2.17 bits per heavy atom. The third-order valence-corrected chi connectivity index (χ3v) is 8.78. The molecule has 0 amide bonds. The average molecular weight is 866 g/mol. The first-order valence-corrected chi connectivity index (χ1v) is 17.1. The molecule has 8 aromatic rings. The van der Waals surface area contributed by atoms with Gasteiger partial charge in [-0.05, 0) is 65.1 Å². The van der Waals surface area contributed by atoms with E-state index in [-0.39, 0.29) is 31.2 Å². The van der Waals surface area contributed by atoms with Crippen LogP contribution in [0, 0.1) is 26.0 Å². The molecule has 0 fully saturated rings. The van der Waals surface area contributed by atoms with E-state index in [2.05, 4.69) is 73.8 Å². The summed E-state index contributed by atoms with van der Waals surface area (Å²) < 4.78 is 69.7. The number of fused-ring (bicyclic) bond motifs is 2. The summed E-state index contributed by atoms with van der Waals surface area (Å²) in [6, 6.07) is 40.0. The smallest absolute Gasteiger partial charge is 0.0774 e. The molecular weight excluding hydrogens is 815 g/mol. The minimum absolute atomic E-state index is 0. The Kier molecular flexibility index (Phi) is 8.51. The van der Waals surface area contributed by atoms with Crippen LogP contribution in [0.1, 0.15) is 83.9 Å². The maximum atomic E-state index is 8.93. The second-order valence-corrected chi connectivity index (χ2v) is 13.1. The molecule has 0 saturated carbocycles. The monoisotopic (exact) mass is 866 g/mol. The van der Waals surface area contributed by atoms with Gasteiger partial charge in [0.1, 0.15) is 0 Å². The van der Waals surface area contributed by atoms with E-state index < -0.39 is 20.1 Å². The summed E-state index contributed by atoms with van der Waals surface area (Å²) in [7, 11) is 0. The van der Waals surface area contributed by atoms with Gasteiger partial charge in [-0.3, -0.25) is 4.98 Å². The number of aryl methyl sites for hydroxylation is 2. The summed E-state index contributed by atoms with van der Waals surface area (Å²) in [6.45, 7) is 4.55. The summed E-state index contributed by atoms with van der Waals surface area (Å²) in [5.74, 6) is 1.35. The van der Waals surface area contributed by atoms with Crippen LogP contribution in [0.5, 0.6) is 0 Å². The second kappa shape index (κ2) is 16.1. The number of rotatable bonds is 7. The third kappa shape index (κ3) is 7.72. The summed E-state index contributed by atoms with van der Waals surface area (Å²) >= 11 is 0. The molecule has 0 atom stereocenters. The zero-order valence-corrected chi connectivity index (χ0v) is 31.8. The Morgan fingerprint density at radius 1 is 0.769 bits per heavy atom. The van der Waals surface area contributed by atoms with Gasteiger partial charge in [0.25, 0.3) is 0 Å². The van der Waals surface area contributed by atoms with Crippen molar-refractivity contribution in [3.63, 3.8) is 0 Å². The van der Waals surface area contributed by atoms with E-state index in [0.29, 0.717) is 39.8 Å². The van der Waals surface area contributed by atoms with Crippen molar-refractivity contribution in [2.45, 2.75) is 59.6 Å². The molecule has 0 unspecified atom stereocenters. The fourth-order valence-electron chi connectivity index (χ4n) is 6.23. The molecule has 0 bridgehead atoms. The second-order valence-electron chi connectivity index (χ2n) is 13.1. The number of furan rings is 1. The molecule has 1 radical (unpaired) electrons. The van der Waals surface area contributed by atoms with Gasteiger partial charge >= 0.3 is 0 Å². The van der Waals surface area contributed by atoms with Crippen LogP contribution >= 0.6 is 0 Å². The van der Waals surface area contributed by atoms with E-state index in [1.807, 2.05) is 60.7 Å². The zero-order chi connectivity index (χ0) is 42.3. The van der Waals surface area contributed by atoms with E-state index in [1.54, 1.807) is 18.2 Å². The summed E-state index contributed by atoms with van der Waals surface area (Å²) in [5.41, 5.74) is 9.64. The van der Waals surface area contributed by atoms with Gasteiger partial charge < -0.3 is 14.0 Å². The summed E-state index contributed by atoms with van der Waals surface area (Å²) in [4.78, 5) is 9.19. The van der Waals surface area contributed by atoms with Crippen LogP contribution in [0.25, 0.3) is 50.3 Å². The van der Waals surface area contributed by atoms with Crippen molar-refractivity contribution in [1.29, 1.82) is 0 Å². The SMILES string of the molecule is [2H]C([2H])([2H])c1c[c-]c(-c2ccc(C([2H])([2H])[2H])cn2)cc1.[2H]C([2H])(c1ccccc1)c1ccc2o[c-]c(-c3nc4ccccc4n3-c3c(C(C)C)cccc3C(C)C)c2c1.[Ir]. The van der Waals surface area contributed by atoms with Crippen LogP contribution in [0.2, 0.25) is 0 Å². The topological polar surface area (TPSA) is 43.9 Å². The number of pyridine rings is 1. The number of para-hydroxylation sites is 3. The van der Waals surface area contributed by atoms with Gasteiger partial charge in [-0.25, -0.2) is 0 Å². The standard InChI is InChI=1S/C34H31N2O.C13H12N.Ir/c1-22(2)26-13-10-14-27(23(3)4)33(26)36-31-16-9-8-15-30(31)35-34(36)29-21-37-32-18-17-25(20-28(29)32)19-24-11-6-5-7-12-24;1-10-3-6-12(7-4-10)13-8-5-11(2)9-14-13;/h5-18,20,22-23H,19H2,1-4H3;3-6,8-9H,1-2H3;/q2*-1;/i19D2;1D3,2D3;. The molecule has 0 spiro atoms. The first-order valence-electron chi connectivity index (χ1n) is 21.1. The number of aromatic nitrogens is 3. The summed E-state index contributed by atoms with van der Waals surface area (Å²) in [6.07, 6.45) is 2.77. The predicted molar refractivity (Wildman–Crippen MR) is 211 cm³/mol. The van der Waals surface area contributed by atoms with Gasteiger partial charge in [0.15, 0.2) is 0 Å². The quantitative estimate of drug-likeness (QED) is 0.150. The normalized spacial score (nSPS) is 14.2. The third-order valence-electron chi connectivity index (χ3n) is 8.78. The molecule has 5 aromatic carbocycles. The van der Waals surface area contributed by atoms with Crippen LogP contribution in [-0.4, -0.2) is 14.5 Å². The van der Waals surface area contributed by atoms with Crippen LogP contribution in [-0.2, 0) is 26.5 Å². The van der Waals surface area contributed by atoms with E-state index in [9.17, 15) is 0 Å². The maximum Gasteiger partial charge on any atom is 0.0774 e. The minimum Gasteiger partial charge on any atom is -0.557 e. The molecule has 0 aliphatic rings. The van der Waals surface area contributed by atoms with Crippen molar-refractivity contribution in [3.05, 3.63) is 173 Å². The largest absolute Gasteiger partial charge is 0.557 e. The molecule has 0 aliphatic carbocycles. The molecule has 0 saturated heterocycles. The Bertz CT molecular complexity index is 2640. The molecule has 0 aliphatic heterocycles. The molecule has 0 N–H and O–H groups in total. The number of hydrogen-bond donors (Lipinski definition) is 0. The fourth-order valence-corrected chi connectivity index (χ4v) is 6.23. The molecule has 3 heterocycles. The van der Waals surface area contributed by atoms with E-state index in [4.69, 9.17) is 20.4 Å². The maximum absolute atomic E-state index is 8.93.